The Labute approximate surface area is 209 Å². The smallest absolute Gasteiger partial charge is 0.305 e. The van der Waals surface area contributed by atoms with E-state index in [0.29, 0.717) is 29.4 Å². The number of hydrogen-bond acceptors (Lipinski definition) is 7. The number of rotatable bonds is 9. The molecular formula is C27H38O7Si. The summed E-state index contributed by atoms with van der Waals surface area (Å²) in [6, 6.07) is 9.67. The molecule has 3 rings (SSSR count). The molecule has 1 aliphatic rings. The molecule has 0 amide bonds. The maximum absolute atomic E-state index is 11.6. The van der Waals surface area contributed by atoms with E-state index in [1.54, 1.807) is 14.2 Å². The van der Waals surface area contributed by atoms with Crippen LogP contribution >= 0.6 is 0 Å². The van der Waals surface area contributed by atoms with E-state index in [4.69, 9.17) is 23.4 Å². The molecule has 0 spiro atoms. The molecule has 2 atom stereocenters. The van der Waals surface area contributed by atoms with Gasteiger partial charge in [0.05, 0.1) is 33.9 Å². The van der Waals surface area contributed by atoms with Gasteiger partial charge in [0.15, 0.2) is 17.2 Å². The van der Waals surface area contributed by atoms with Crippen molar-refractivity contribution in [2.24, 2.45) is 0 Å². The monoisotopic (exact) mass is 502 g/mol. The Kier molecular flexibility index (Phi) is 8.06. The van der Waals surface area contributed by atoms with Crippen molar-refractivity contribution in [1.29, 1.82) is 0 Å². The lowest BCUT2D eigenvalue weighted by molar-refractivity contribution is -0.140. The first-order valence-electron chi connectivity index (χ1n) is 11.9. The Morgan fingerprint density at radius 2 is 1.71 bits per heavy atom. The lowest BCUT2D eigenvalue weighted by Gasteiger charge is -2.36. The third kappa shape index (κ3) is 5.59. The van der Waals surface area contributed by atoms with Gasteiger partial charge in [-0.3, -0.25) is 4.79 Å². The fourth-order valence-electron chi connectivity index (χ4n) is 3.97. The Morgan fingerprint density at radius 1 is 1.03 bits per heavy atom. The normalized spacial score (nSPS) is 17.4. The van der Waals surface area contributed by atoms with Crippen molar-refractivity contribution in [3.63, 3.8) is 0 Å². The van der Waals surface area contributed by atoms with E-state index >= 15 is 0 Å². The third-order valence-corrected chi connectivity index (χ3v) is 11.4. The second kappa shape index (κ2) is 10.5. The summed E-state index contributed by atoms with van der Waals surface area (Å²) in [5.41, 5.74) is 2.65. The zero-order valence-electron chi connectivity index (χ0n) is 22.1. The molecule has 2 aromatic carbocycles. The highest BCUT2D eigenvalue weighted by Crippen LogP contribution is 2.51. The summed E-state index contributed by atoms with van der Waals surface area (Å²) < 4.78 is 28.9. The zero-order valence-corrected chi connectivity index (χ0v) is 23.1. The van der Waals surface area contributed by atoms with Crippen molar-refractivity contribution in [2.45, 2.75) is 63.8 Å². The SMILES string of the molecule is COC(=O)CCc1cc(OC)c2c(c1)[C@@H](CO)[C@H](c1ccc(O[Si](C)(C)C(C)(C)C)c(OC)c1)O2. The number of carbonyl (C=O) groups excluding carboxylic acids is 1. The number of fused-ring (bicyclic) bond motifs is 1. The van der Waals surface area contributed by atoms with Crippen LogP contribution in [-0.2, 0) is 16.0 Å². The van der Waals surface area contributed by atoms with Crippen molar-refractivity contribution < 1.29 is 33.3 Å². The van der Waals surface area contributed by atoms with Crippen LogP contribution in [0.3, 0.4) is 0 Å². The number of benzene rings is 2. The first-order valence-corrected chi connectivity index (χ1v) is 14.8. The van der Waals surface area contributed by atoms with E-state index in [0.717, 1.165) is 16.7 Å². The van der Waals surface area contributed by atoms with Crippen molar-refractivity contribution in [3.05, 3.63) is 47.0 Å². The highest BCUT2D eigenvalue weighted by Gasteiger charge is 2.41. The van der Waals surface area contributed by atoms with Crippen LogP contribution in [0.5, 0.6) is 23.0 Å². The summed E-state index contributed by atoms with van der Waals surface area (Å²) in [6.45, 7) is 10.9. The number of ether oxygens (including phenoxy) is 4. The van der Waals surface area contributed by atoms with Crippen LogP contribution in [0, 0.1) is 0 Å². The molecule has 0 fully saturated rings. The van der Waals surface area contributed by atoms with Crippen LogP contribution in [0.25, 0.3) is 0 Å². The molecule has 8 heteroatoms. The molecule has 0 bridgehead atoms. The number of aliphatic hydroxyl groups excluding tert-OH is 1. The molecule has 192 valence electrons. The van der Waals surface area contributed by atoms with Crippen LogP contribution in [0.15, 0.2) is 30.3 Å². The zero-order chi connectivity index (χ0) is 26.0. The van der Waals surface area contributed by atoms with E-state index in [1.807, 2.05) is 30.3 Å². The average Bonchev–Trinajstić information content (AvgIpc) is 3.19. The number of aryl methyl sites for hydroxylation is 1. The molecule has 1 aliphatic heterocycles. The lowest BCUT2D eigenvalue weighted by atomic mass is 9.90. The second-order valence-corrected chi connectivity index (χ2v) is 15.1. The van der Waals surface area contributed by atoms with Gasteiger partial charge in [-0.05, 0) is 53.9 Å². The van der Waals surface area contributed by atoms with Gasteiger partial charge in [0.25, 0.3) is 8.32 Å². The van der Waals surface area contributed by atoms with E-state index in [2.05, 4.69) is 33.9 Å². The van der Waals surface area contributed by atoms with Crippen LogP contribution in [-0.4, -0.2) is 47.3 Å². The number of methoxy groups -OCH3 is 3. The Bertz CT molecular complexity index is 1060. The summed E-state index contributed by atoms with van der Waals surface area (Å²) in [5, 5.41) is 10.4. The molecule has 0 unspecified atom stereocenters. The molecule has 0 aliphatic carbocycles. The van der Waals surface area contributed by atoms with Crippen molar-refractivity contribution >= 4 is 14.3 Å². The molecule has 0 saturated heterocycles. The van der Waals surface area contributed by atoms with Crippen molar-refractivity contribution in [1.82, 2.24) is 0 Å². The Morgan fingerprint density at radius 3 is 2.29 bits per heavy atom. The summed E-state index contributed by atoms with van der Waals surface area (Å²) in [7, 11) is 2.54. The van der Waals surface area contributed by atoms with E-state index in [1.165, 1.54) is 7.11 Å². The first kappa shape index (κ1) is 26.9. The van der Waals surface area contributed by atoms with Gasteiger partial charge in [0.2, 0.25) is 0 Å². The standard InChI is InChI=1S/C27H38O7Si/c1-27(2,3)35(7,8)34-21-11-10-18(15-22(21)30-4)25-20(16-28)19-13-17(9-12-24(29)32-6)14-23(31-5)26(19)33-25/h10-11,13-15,20,25,28H,9,12,16H2,1-8H3/t20-,25+/m1/s1. The number of hydrogen-bond donors (Lipinski definition) is 1. The molecule has 35 heavy (non-hydrogen) atoms. The van der Waals surface area contributed by atoms with E-state index < -0.39 is 14.4 Å². The fourth-order valence-corrected chi connectivity index (χ4v) is 4.99. The van der Waals surface area contributed by atoms with Gasteiger partial charge in [-0.15, -0.1) is 0 Å². The third-order valence-electron chi connectivity index (χ3n) is 7.10. The van der Waals surface area contributed by atoms with Crippen LogP contribution in [0.1, 0.15) is 55.9 Å². The van der Waals surface area contributed by atoms with Gasteiger partial charge in [0, 0.05) is 12.0 Å². The van der Waals surface area contributed by atoms with Crippen LogP contribution in [0.2, 0.25) is 18.1 Å². The first-order chi connectivity index (χ1) is 16.4. The minimum Gasteiger partial charge on any atom is -0.541 e. The van der Waals surface area contributed by atoms with E-state index in [-0.39, 0.29) is 30.0 Å². The van der Waals surface area contributed by atoms with Crippen molar-refractivity contribution in [3.8, 4) is 23.0 Å². The minimum absolute atomic E-state index is 0.0526. The Balaban J connectivity index is 1.94. The lowest BCUT2D eigenvalue weighted by Crippen LogP contribution is -2.43. The van der Waals surface area contributed by atoms with Crippen molar-refractivity contribution in [2.75, 3.05) is 27.9 Å². The van der Waals surface area contributed by atoms with Gasteiger partial charge in [-0.2, -0.15) is 0 Å². The highest BCUT2D eigenvalue weighted by molar-refractivity contribution is 6.74. The summed E-state index contributed by atoms with van der Waals surface area (Å²) in [6.07, 6.45) is 0.349. The fraction of sp³-hybridized carbons (Fsp3) is 0.519. The van der Waals surface area contributed by atoms with Crippen LogP contribution < -0.4 is 18.6 Å². The summed E-state index contributed by atoms with van der Waals surface area (Å²) >= 11 is 0. The number of carbonyl (C=O) groups is 1. The molecule has 7 nitrogen and oxygen atoms in total. The molecule has 2 aromatic rings. The topological polar surface area (TPSA) is 83.5 Å². The number of aliphatic hydroxyl groups is 1. The molecule has 1 N–H and O–H groups in total. The van der Waals surface area contributed by atoms with E-state index in [9.17, 15) is 9.90 Å². The highest BCUT2D eigenvalue weighted by atomic mass is 28.4. The quantitative estimate of drug-likeness (QED) is 0.363. The molecule has 0 radical (unpaired) electrons. The molecule has 1 heterocycles. The molecular weight excluding hydrogens is 464 g/mol. The largest absolute Gasteiger partial charge is 0.541 e. The Hall–Kier alpha value is -2.71. The average molecular weight is 503 g/mol. The van der Waals surface area contributed by atoms with Gasteiger partial charge in [0.1, 0.15) is 11.9 Å². The maximum Gasteiger partial charge on any atom is 0.305 e. The van der Waals surface area contributed by atoms with Gasteiger partial charge in [-0.1, -0.05) is 32.9 Å². The second-order valence-electron chi connectivity index (χ2n) is 10.4. The molecule has 0 saturated carbocycles. The van der Waals surface area contributed by atoms with Gasteiger partial charge < -0.3 is 28.5 Å². The van der Waals surface area contributed by atoms with Gasteiger partial charge >= 0.3 is 5.97 Å². The maximum atomic E-state index is 11.6. The van der Waals surface area contributed by atoms with Gasteiger partial charge in [-0.25, -0.2) is 0 Å². The predicted octanol–water partition coefficient (Wildman–Crippen LogP) is 5.40. The minimum atomic E-state index is -2.05. The summed E-state index contributed by atoms with van der Waals surface area (Å²) in [4.78, 5) is 11.6. The van der Waals surface area contributed by atoms with Crippen LogP contribution in [0.4, 0.5) is 0 Å². The number of esters is 1. The summed E-state index contributed by atoms with van der Waals surface area (Å²) in [5.74, 6) is 1.96. The molecule has 0 aromatic heterocycles. The predicted molar refractivity (Wildman–Crippen MR) is 137 cm³/mol.